The highest BCUT2D eigenvalue weighted by atomic mass is 16.4. The summed E-state index contributed by atoms with van der Waals surface area (Å²) in [4.78, 5) is 33.9. The van der Waals surface area contributed by atoms with Crippen molar-refractivity contribution in [1.29, 1.82) is 0 Å². The van der Waals surface area contributed by atoms with Crippen LogP contribution in [-0.4, -0.2) is 28.1 Å². The second kappa shape index (κ2) is 7.22. The van der Waals surface area contributed by atoms with Gasteiger partial charge in [-0.25, -0.2) is 9.59 Å². The van der Waals surface area contributed by atoms with E-state index in [4.69, 9.17) is 10.2 Å². The molecular formula is C17H15NO5. The van der Waals surface area contributed by atoms with Gasteiger partial charge in [-0.15, -0.1) is 0 Å². The lowest BCUT2D eigenvalue weighted by atomic mass is 10.0. The van der Waals surface area contributed by atoms with Crippen molar-refractivity contribution in [3.8, 4) is 0 Å². The summed E-state index contributed by atoms with van der Waals surface area (Å²) >= 11 is 0. The van der Waals surface area contributed by atoms with Gasteiger partial charge in [-0.1, -0.05) is 30.3 Å². The van der Waals surface area contributed by atoms with Gasteiger partial charge in [0, 0.05) is 6.54 Å². The highest BCUT2D eigenvalue weighted by Crippen LogP contribution is 2.10. The average molecular weight is 313 g/mol. The molecule has 118 valence electrons. The molecule has 23 heavy (non-hydrogen) atoms. The van der Waals surface area contributed by atoms with Gasteiger partial charge in [-0.2, -0.15) is 0 Å². The number of hydrogen-bond donors (Lipinski definition) is 3. The van der Waals surface area contributed by atoms with Crippen LogP contribution in [0.5, 0.6) is 0 Å². The molecule has 0 bridgehead atoms. The molecule has 0 aromatic heterocycles. The topological polar surface area (TPSA) is 104 Å². The quantitative estimate of drug-likeness (QED) is 0.756. The van der Waals surface area contributed by atoms with Crippen molar-refractivity contribution in [1.82, 2.24) is 5.32 Å². The Morgan fingerprint density at radius 3 is 2.35 bits per heavy atom. The van der Waals surface area contributed by atoms with Crippen molar-refractivity contribution in [3.63, 3.8) is 0 Å². The molecule has 0 heterocycles. The molecule has 1 amide bonds. The smallest absolute Gasteiger partial charge is 0.335 e. The van der Waals surface area contributed by atoms with Crippen LogP contribution in [0.3, 0.4) is 0 Å². The molecule has 0 aliphatic rings. The minimum Gasteiger partial charge on any atom is -0.478 e. The summed E-state index contributed by atoms with van der Waals surface area (Å²) in [6.45, 7) is 0.176. The minimum atomic E-state index is -1.08. The van der Waals surface area contributed by atoms with Gasteiger partial charge in [0.05, 0.1) is 17.5 Å². The zero-order valence-electron chi connectivity index (χ0n) is 12.2. The van der Waals surface area contributed by atoms with Crippen molar-refractivity contribution in [2.45, 2.75) is 13.0 Å². The van der Waals surface area contributed by atoms with Gasteiger partial charge in [-0.05, 0) is 29.3 Å². The molecular weight excluding hydrogens is 298 g/mol. The number of carboxylic acid groups (broad SMARTS) is 2. The summed E-state index contributed by atoms with van der Waals surface area (Å²) in [7, 11) is 0. The number of carbonyl (C=O) groups excluding carboxylic acids is 1. The first-order chi connectivity index (χ1) is 11.0. The van der Waals surface area contributed by atoms with Crippen LogP contribution in [0.1, 0.15) is 31.8 Å². The molecule has 0 saturated heterocycles. The number of rotatable bonds is 6. The maximum atomic E-state index is 12.0. The van der Waals surface area contributed by atoms with Crippen LogP contribution in [0.4, 0.5) is 0 Å². The molecule has 3 N–H and O–H groups in total. The largest absolute Gasteiger partial charge is 0.478 e. The number of amides is 1. The van der Waals surface area contributed by atoms with E-state index in [1.807, 2.05) is 0 Å². The Morgan fingerprint density at radius 1 is 0.913 bits per heavy atom. The van der Waals surface area contributed by atoms with Crippen LogP contribution >= 0.6 is 0 Å². The summed E-state index contributed by atoms with van der Waals surface area (Å²) in [6, 6.07) is 12.6. The first kappa shape index (κ1) is 16.2. The maximum absolute atomic E-state index is 12.0. The van der Waals surface area contributed by atoms with E-state index >= 15 is 0 Å². The van der Waals surface area contributed by atoms with Crippen LogP contribution in [-0.2, 0) is 17.8 Å². The van der Waals surface area contributed by atoms with Crippen LogP contribution in [0.15, 0.2) is 48.5 Å². The fourth-order valence-corrected chi connectivity index (χ4v) is 2.13. The van der Waals surface area contributed by atoms with E-state index in [9.17, 15) is 14.4 Å². The normalized spacial score (nSPS) is 10.1. The molecule has 0 saturated carbocycles. The Balaban J connectivity index is 2.00. The van der Waals surface area contributed by atoms with Gasteiger partial charge >= 0.3 is 11.9 Å². The number of hydrogen-bond acceptors (Lipinski definition) is 3. The van der Waals surface area contributed by atoms with Gasteiger partial charge in [-0.3, -0.25) is 4.79 Å². The van der Waals surface area contributed by atoms with Gasteiger partial charge in [0.2, 0.25) is 5.91 Å². The van der Waals surface area contributed by atoms with E-state index in [-0.39, 0.29) is 30.0 Å². The summed E-state index contributed by atoms with van der Waals surface area (Å²) in [5.74, 6) is -2.45. The summed E-state index contributed by atoms with van der Waals surface area (Å²) < 4.78 is 0. The van der Waals surface area contributed by atoms with Gasteiger partial charge in [0.25, 0.3) is 0 Å². The summed E-state index contributed by atoms with van der Waals surface area (Å²) in [6.07, 6.45) is -0.0545. The number of aromatic carboxylic acids is 2. The molecule has 2 aromatic carbocycles. The molecule has 0 unspecified atom stereocenters. The van der Waals surface area contributed by atoms with Crippen molar-refractivity contribution in [2.24, 2.45) is 0 Å². The third kappa shape index (κ3) is 4.41. The van der Waals surface area contributed by atoms with Gasteiger partial charge < -0.3 is 15.5 Å². The standard InChI is InChI=1S/C17H15NO5/c19-15(9-12-5-1-2-7-14(12)17(22)23)18-10-11-4-3-6-13(8-11)16(20)21/h1-8H,9-10H2,(H,18,19)(H,20,21)(H,22,23). The lowest BCUT2D eigenvalue weighted by Gasteiger charge is -2.08. The number of nitrogens with one attached hydrogen (secondary N) is 1. The highest BCUT2D eigenvalue weighted by molar-refractivity contribution is 5.91. The fraction of sp³-hybridized carbons (Fsp3) is 0.118. The Bertz CT molecular complexity index is 754. The van der Waals surface area contributed by atoms with Crippen LogP contribution in [0.2, 0.25) is 0 Å². The van der Waals surface area contributed by atoms with E-state index in [1.165, 1.54) is 18.2 Å². The monoisotopic (exact) mass is 313 g/mol. The first-order valence-electron chi connectivity index (χ1n) is 6.87. The lowest BCUT2D eigenvalue weighted by molar-refractivity contribution is -0.120. The number of carbonyl (C=O) groups is 3. The molecule has 0 atom stereocenters. The van der Waals surface area contributed by atoms with Gasteiger partial charge in [0.1, 0.15) is 0 Å². The average Bonchev–Trinajstić information content (AvgIpc) is 2.53. The minimum absolute atomic E-state index is 0.0545. The second-order valence-corrected chi connectivity index (χ2v) is 4.92. The predicted molar refractivity (Wildman–Crippen MR) is 82.4 cm³/mol. The first-order valence-corrected chi connectivity index (χ1v) is 6.87. The van der Waals surface area contributed by atoms with E-state index < -0.39 is 11.9 Å². The lowest BCUT2D eigenvalue weighted by Crippen LogP contribution is -2.25. The molecule has 6 heteroatoms. The Hall–Kier alpha value is -3.15. The molecule has 0 aliphatic heterocycles. The van der Waals surface area contributed by atoms with Crippen LogP contribution in [0, 0.1) is 0 Å². The number of benzene rings is 2. The SMILES string of the molecule is O=C(Cc1ccccc1C(=O)O)NCc1cccc(C(=O)O)c1. The molecule has 0 spiro atoms. The second-order valence-electron chi connectivity index (χ2n) is 4.92. The van der Waals surface area contributed by atoms with Crippen molar-refractivity contribution >= 4 is 17.8 Å². The van der Waals surface area contributed by atoms with E-state index in [0.717, 1.165) is 0 Å². The van der Waals surface area contributed by atoms with Crippen molar-refractivity contribution in [3.05, 3.63) is 70.8 Å². The molecule has 6 nitrogen and oxygen atoms in total. The molecule has 2 aromatic rings. The van der Waals surface area contributed by atoms with Crippen molar-refractivity contribution < 1.29 is 24.6 Å². The summed E-state index contributed by atoms with van der Waals surface area (Å²) in [5, 5.41) is 20.7. The van der Waals surface area contributed by atoms with Gasteiger partial charge in [0.15, 0.2) is 0 Å². The zero-order valence-corrected chi connectivity index (χ0v) is 12.2. The third-order valence-electron chi connectivity index (χ3n) is 3.26. The van der Waals surface area contributed by atoms with Crippen LogP contribution < -0.4 is 5.32 Å². The Kier molecular flexibility index (Phi) is 5.09. The van der Waals surface area contributed by atoms with E-state index in [2.05, 4.69) is 5.32 Å². The molecule has 0 radical (unpaired) electrons. The zero-order chi connectivity index (χ0) is 16.8. The van der Waals surface area contributed by atoms with E-state index in [0.29, 0.717) is 11.1 Å². The van der Waals surface area contributed by atoms with Crippen molar-refractivity contribution in [2.75, 3.05) is 0 Å². The molecule has 2 rings (SSSR count). The van der Waals surface area contributed by atoms with E-state index in [1.54, 1.807) is 30.3 Å². The Labute approximate surface area is 132 Å². The third-order valence-corrected chi connectivity index (χ3v) is 3.26. The summed E-state index contributed by atoms with van der Waals surface area (Å²) in [5.41, 5.74) is 1.32. The molecule has 0 aliphatic carbocycles. The fourth-order valence-electron chi connectivity index (χ4n) is 2.13. The Morgan fingerprint density at radius 2 is 1.65 bits per heavy atom. The molecule has 0 fully saturated rings. The maximum Gasteiger partial charge on any atom is 0.335 e. The number of carboxylic acids is 2. The highest BCUT2D eigenvalue weighted by Gasteiger charge is 2.12. The predicted octanol–water partition coefficient (Wildman–Crippen LogP) is 1.94. The van der Waals surface area contributed by atoms with Crippen LogP contribution in [0.25, 0.3) is 0 Å².